The molecule has 1 aliphatic rings. The summed E-state index contributed by atoms with van der Waals surface area (Å²) in [5.74, 6) is 0.324. The Hall–Kier alpha value is -1.36. The number of amides is 1. The highest BCUT2D eigenvalue weighted by Gasteiger charge is 2.28. The zero-order valence-corrected chi connectivity index (χ0v) is 13.5. The van der Waals surface area contributed by atoms with Crippen molar-refractivity contribution in [3.05, 3.63) is 35.9 Å². The smallest absolute Gasteiger partial charge is 0.223 e. The lowest BCUT2D eigenvalue weighted by molar-refractivity contribution is -0.132. The van der Waals surface area contributed by atoms with E-state index in [2.05, 4.69) is 13.8 Å². The number of nitrogens with zero attached hydrogens (tertiary/aromatic N) is 1. The molecule has 116 valence electrons. The van der Waals surface area contributed by atoms with Crippen LogP contribution in [0.2, 0.25) is 0 Å². The van der Waals surface area contributed by atoms with Gasteiger partial charge in [0.05, 0.1) is 11.5 Å². The summed E-state index contributed by atoms with van der Waals surface area (Å²) in [5, 5.41) is 0. The average Bonchev–Trinajstić information content (AvgIpc) is 2.60. The largest absolute Gasteiger partial charge is 0.342 e. The number of benzene rings is 1. The molecular formula is C16H23NO3S. The van der Waals surface area contributed by atoms with Crippen LogP contribution in [0.3, 0.4) is 0 Å². The van der Waals surface area contributed by atoms with Crippen LogP contribution in [0.5, 0.6) is 0 Å². The quantitative estimate of drug-likeness (QED) is 0.858. The van der Waals surface area contributed by atoms with E-state index < -0.39 is 9.84 Å². The Morgan fingerprint density at radius 1 is 1.14 bits per heavy atom. The molecule has 1 aromatic carbocycles. The van der Waals surface area contributed by atoms with Gasteiger partial charge in [-0.2, -0.15) is 0 Å². The summed E-state index contributed by atoms with van der Waals surface area (Å²) >= 11 is 0. The van der Waals surface area contributed by atoms with Crippen LogP contribution in [0.15, 0.2) is 30.3 Å². The van der Waals surface area contributed by atoms with E-state index in [1.807, 2.05) is 30.3 Å². The number of rotatable bonds is 3. The second kappa shape index (κ2) is 6.18. The van der Waals surface area contributed by atoms with Gasteiger partial charge in [0, 0.05) is 19.5 Å². The lowest BCUT2D eigenvalue weighted by atomic mass is 9.81. The molecule has 0 aromatic heterocycles. The molecule has 2 rings (SSSR count). The minimum Gasteiger partial charge on any atom is -0.342 e. The average molecular weight is 309 g/mol. The molecule has 0 N–H and O–H groups in total. The highest BCUT2D eigenvalue weighted by molar-refractivity contribution is 7.91. The zero-order chi connectivity index (χ0) is 15.5. The van der Waals surface area contributed by atoms with Crippen LogP contribution in [0.1, 0.15) is 32.3 Å². The molecule has 21 heavy (non-hydrogen) atoms. The third kappa shape index (κ3) is 4.30. The lowest BCUT2D eigenvalue weighted by Gasteiger charge is -2.28. The fourth-order valence-corrected chi connectivity index (χ4v) is 3.94. The molecule has 1 amide bonds. The third-order valence-electron chi connectivity index (χ3n) is 4.06. The minimum absolute atomic E-state index is 0.0425. The SMILES string of the molecule is CC(C)(CC(=O)N1CCCS(=O)(=O)CC1)c1ccccc1. The van der Waals surface area contributed by atoms with Crippen LogP contribution in [-0.2, 0) is 20.0 Å². The summed E-state index contributed by atoms with van der Waals surface area (Å²) in [4.78, 5) is 14.2. The van der Waals surface area contributed by atoms with Crippen molar-refractivity contribution in [1.29, 1.82) is 0 Å². The third-order valence-corrected chi connectivity index (χ3v) is 5.77. The summed E-state index contributed by atoms with van der Waals surface area (Å²) in [6.45, 7) is 4.97. The number of hydrogen-bond donors (Lipinski definition) is 0. The van der Waals surface area contributed by atoms with Crippen LogP contribution < -0.4 is 0 Å². The van der Waals surface area contributed by atoms with Crippen LogP contribution in [-0.4, -0.2) is 43.8 Å². The summed E-state index contributed by atoms with van der Waals surface area (Å²) in [6.07, 6.45) is 0.941. The van der Waals surface area contributed by atoms with Gasteiger partial charge < -0.3 is 4.90 Å². The molecule has 0 radical (unpaired) electrons. The van der Waals surface area contributed by atoms with Crippen molar-refractivity contribution < 1.29 is 13.2 Å². The first-order valence-corrected chi connectivity index (χ1v) is 9.16. The first-order chi connectivity index (χ1) is 9.80. The van der Waals surface area contributed by atoms with Crippen molar-refractivity contribution in [1.82, 2.24) is 4.90 Å². The Labute approximate surface area is 127 Å². The van der Waals surface area contributed by atoms with Crippen molar-refractivity contribution in [2.24, 2.45) is 0 Å². The van der Waals surface area contributed by atoms with E-state index in [-0.39, 0.29) is 22.8 Å². The maximum absolute atomic E-state index is 12.5. The predicted octanol–water partition coefficient (Wildman–Crippen LogP) is 2.00. The summed E-state index contributed by atoms with van der Waals surface area (Å²) < 4.78 is 23.2. The number of carbonyl (C=O) groups excluding carboxylic acids is 1. The van der Waals surface area contributed by atoms with Crippen molar-refractivity contribution in [2.45, 2.75) is 32.1 Å². The van der Waals surface area contributed by atoms with Crippen LogP contribution in [0, 0.1) is 0 Å². The van der Waals surface area contributed by atoms with E-state index in [0.717, 1.165) is 5.56 Å². The molecule has 4 nitrogen and oxygen atoms in total. The van der Waals surface area contributed by atoms with Gasteiger partial charge in [0.2, 0.25) is 5.91 Å². The Bertz CT molecular complexity index is 593. The second-order valence-corrected chi connectivity index (χ2v) is 8.62. The van der Waals surface area contributed by atoms with E-state index in [0.29, 0.717) is 25.9 Å². The van der Waals surface area contributed by atoms with E-state index in [1.165, 1.54) is 0 Å². The highest BCUT2D eigenvalue weighted by atomic mass is 32.2. The van der Waals surface area contributed by atoms with Crippen LogP contribution in [0.25, 0.3) is 0 Å². The molecule has 1 saturated heterocycles. The fourth-order valence-electron chi connectivity index (χ4n) is 2.67. The van der Waals surface area contributed by atoms with E-state index >= 15 is 0 Å². The molecule has 1 fully saturated rings. The maximum atomic E-state index is 12.5. The molecule has 0 atom stereocenters. The summed E-state index contributed by atoms with van der Waals surface area (Å²) in [6, 6.07) is 9.96. The van der Waals surface area contributed by atoms with Crippen molar-refractivity contribution in [3.63, 3.8) is 0 Å². The fraction of sp³-hybridized carbons (Fsp3) is 0.562. The van der Waals surface area contributed by atoms with E-state index in [1.54, 1.807) is 4.90 Å². The molecule has 5 heteroatoms. The second-order valence-electron chi connectivity index (χ2n) is 6.31. The lowest BCUT2D eigenvalue weighted by Crippen LogP contribution is -2.37. The molecule has 0 unspecified atom stereocenters. The minimum atomic E-state index is -2.98. The van der Waals surface area contributed by atoms with E-state index in [9.17, 15) is 13.2 Å². The normalized spacial score (nSPS) is 19.0. The van der Waals surface area contributed by atoms with Crippen LogP contribution in [0.4, 0.5) is 0 Å². The number of sulfone groups is 1. The molecule has 1 aliphatic heterocycles. The Balaban J connectivity index is 2.04. The summed E-state index contributed by atoms with van der Waals surface area (Å²) in [5.41, 5.74) is 0.879. The highest BCUT2D eigenvalue weighted by Crippen LogP contribution is 2.27. The first kappa shape index (κ1) is 16.0. The van der Waals surface area contributed by atoms with Gasteiger partial charge in [-0.1, -0.05) is 44.2 Å². The van der Waals surface area contributed by atoms with Gasteiger partial charge in [0.1, 0.15) is 0 Å². The van der Waals surface area contributed by atoms with Gasteiger partial charge in [-0.25, -0.2) is 8.42 Å². The van der Waals surface area contributed by atoms with Gasteiger partial charge in [0.15, 0.2) is 9.84 Å². The molecule has 0 aliphatic carbocycles. The summed E-state index contributed by atoms with van der Waals surface area (Å²) in [7, 11) is -2.98. The van der Waals surface area contributed by atoms with Crippen LogP contribution >= 0.6 is 0 Å². The first-order valence-electron chi connectivity index (χ1n) is 7.34. The van der Waals surface area contributed by atoms with Gasteiger partial charge >= 0.3 is 0 Å². The van der Waals surface area contributed by atoms with Gasteiger partial charge in [-0.3, -0.25) is 4.79 Å². The van der Waals surface area contributed by atoms with Gasteiger partial charge in [-0.05, 0) is 17.4 Å². The molecule has 0 spiro atoms. The Morgan fingerprint density at radius 2 is 1.81 bits per heavy atom. The van der Waals surface area contributed by atoms with Gasteiger partial charge in [-0.15, -0.1) is 0 Å². The standard InChI is InChI=1S/C16H23NO3S/c1-16(2,14-7-4-3-5-8-14)13-15(18)17-9-6-11-21(19,20)12-10-17/h3-5,7-8H,6,9-13H2,1-2H3. The monoisotopic (exact) mass is 309 g/mol. The molecule has 0 saturated carbocycles. The van der Waals surface area contributed by atoms with Crippen molar-refractivity contribution in [3.8, 4) is 0 Å². The number of hydrogen-bond acceptors (Lipinski definition) is 3. The molecular weight excluding hydrogens is 286 g/mol. The Morgan fingerprint density at radius 3 is 2.48 bits per heavy atom. The van der Waals surface area contributed by atoms with Crippen molar-refractivity contribution in [2.75, 3.05) is 24.6 Å². The van der Waals surface area contributed by atoms with Gasteiger partial charge in [0.25, 0.3) is 0 Å². The predicted molar refractivity (Wildman–Crippen MR) is 83.9 cm³/mol. The number of carbonyl (C=O) groups is 1. The Kier molecular flexibility index (Phi) is 4.71. The maximum Gasteiger partial charge on any atom is 0.223 e. The topological polar surface area (TPSA) is 54.5 Å². The molecule has 1 heterocycles. The zero-order valence-electron chi connectivity index (χ0n) is 12.7. The molecule has 0 bridgehead atoms. The van der Waals surface area contributed by atoms with Crippen molar-refractivity contribution >= 4 is 15.7 Å². The van der Waals surface area contributed by atoms with E-state index in [4.69, 9.17) is 0 Å². The molecule has 1 aromatic rings.